The molecule has 0 atom stereocenters. The van der Waals surface area contributed by atoms with Gasteiger partial charge in [0.1, 0.15) is 5.60 Å². The van der Waals surface area contributed by atoms with Crippen LogP contribution in [0.25, 0.3) is 0 Å². The molecular formula is C17H27N3O3. The first-order valence-electron chi connectivity index (χ1n) is 7.80. The maximum Gasteiger partial charge on any atom is 0.407 e. The lowest BCUT2D eigenvalue weighted by Crippen LogP contribution is -2.33. The third-order valence-electron chi connectivity index (χ3n) is 2.95. The number of hydrogen-bond acceptors (Lipinski definition) is 4. The monoisotopic (exact) mass is 321 g/mol. The Labute approximate surface area is 138 Å². The number of benzene rings is 1. The molecule has 0 bridgehead atoms. The number of amides is 2. The smallest absolute Gasteiger partial charge is 0.407 e. The fourth-order valence-corrected chi connectivity index (χ4v) is 1.84. The Morgan fingerprint density at radius 3 is 2.30 bits per heavy atom. The van der Waals surface area contributed by atoms with Crippen molar-refractivity contribution in [1.82, 2.24) is 10.6 Å². The third kappa shape index (κ3) is 8.70. The van der Waals surface area contributed by atoms with Crippen molar-refractivity contribution in [2.24, 2.45) is 0 Å². The molecule has 23 heavy (non-hydrogen) atoms. The van der Waals surface area contributed by atoms with E-state index in [1.54, 1.807) is 7.05 Å². The lowest BCUT2D eigenvalue weighted by Gasteiger charge is -2.19. The summed E-state index contributed by atoms with van der Waals surface area (Å²) in [5, 5.41) is 8.59. The number of ether oxygens (including phenoxy) is 1. The van der Waals surface area contributed by atoms with Gasteiger partial charge in [0.25, 0.3) is 0 Å². The van der Waals surface area contributed by atoms with E-state index in [1.165, 1.54) is 0 Å². The van der Waals surface area contributed by atoms with Crippen molar-refractivity contribution in [3.8, 4) is 0 Å². The molecule has 6 nitrogen and oxygen atoms in total. The second-order valence-corrected chi connectivity index (χ2v) is 6.26. The van der Waals surface area contributed by atoms with Crippen LogP contribution in [0.3, 0.4) is 0 Å². The summed E-state index contributed by atoms with van der Waals surface area (Å²) < 4.78 is 5.15. The summed E-state index contributed by atoms with van der Waals surface area (Å²) in [5.41, 5.74) is 1.49. The molecule has 0 saturated carbocycles. The molecule has 128 valence electrons. The predicted octanol–water partition coefficient (Wildman–Crippen LogP) is 2.30. The average molecular weight is 321 g/mol. The second kappa shape index (κ2) is 9.02. The van der Waals surface area contributed by atoms with Gasteiger partial charge >= 0.3 is 6.09 Å². The van der Waals surface area contributed by atoms with Crippen molar-refractivity contribution in [3.63, 3.8) is 0 Å². The lowest BCUT2D eigenvalue weighted by molar-refractivity contribution is -0.119. The maximum absolute atomic E-state index is 11.5. The first kappa shape index (κ1) is 18.8. The molecular weight excluding hydrogens is 294 g/mol. The average Bonchev–Trinajstić information content (AvgIpc) is 2.46. The van der Waals surface area contributed by atoms with Crippen molar-refractivity contribution < 1.29 is 14.3 Å². The molecule has 0 fully saturated rings. The number of carbonyl (C=O) groups excluding carboxylic acids is 2. The first-order valence-corrected chi connectivity index (χ1v) is 7.80. The normalized spacial score (nSPS) is 10.8. The van der Waals surface area contributed by atoms with Gasteiger partial charge in [-0.1, -0.05) is 12.1 Å². The fraction of sp³-hybridized carbons (Fsp3) is 0.529. The minimum atomic E-state index is -0.473. The molecule has 0 aliphatic heterocycles. The van der Waals surface area contributed by atoms with E-state index in [-0.39, 0.29) is 5.91 Å². The van der Waals surface area contributed by atoms with Crippen LogP contribution in [-0.4, -0.2) is 37.7 Å². The molecule has 0 aliphatic rings. The van der Waals surface area contributed by atoms with Gasteiger partial charge in [0.2, 0.25) is 5.91 Å². The van der Waals surface area contributed by atoms with Gasteiger partial charge in [-0.05, 0) is 44.9 Å². The number of alkyl carbamates (subject to hydrolysis) is 1. The number of likely N-dealkylation sites (N-methyl/N-ethyl adjacent to an activating group) is 1. The standard InChI is InChI=1S/C17H27N3O3/c1-17(2,3)23-16(22)20-11-5-10-19-14-8-6-13(7-9-14)12-15(21)18-4/h6-9,19H,5,10-12H2,1-4H3,(H,18,21)(H,20,22). The van der Waals surface area contributed by atoms with Gasteiger partial charge in [0, 0.05) is 25.8 Å². The molecule has 2 amide bonds. The topological polar surface area (TPSA) is 79.5 Å². The van der Waals surface area contributed by atoms with E-state index in [0.29, 0.717) is 13.0 Å². The summed E-state index contributed by atoms with van der Waals surface area (Å²) >= 11 is 0. The minimum Gasteiger partial charge on any atom is -0.444 e. The Bertz CT molecular complexity index is 507. The van der Waals surface area contributed by atoms with Crippen molar-refractivity contribution in [1.29, 1.82) is 0 Å². The van der Waals surface area contributed by atoms with Gasteiger partial charge in [-0.25, -0.2) is 4.79 Å². The van der Waals surface area contributed by atoms with Gasteiger partial charge in [-0.3, -0.25) is 4.79 Å². The van der Waals surface area contributed by atoms with E-state index in [1.807, 2.05) is 45.0 Å². The Morgan fingerprint density at radius 1 is 1.09 bits per heavy atom. The van der Waals surface area contributed by atoms with Crippen molar-refractivity contribution in [2.75, 3.05) is 25.5 Å². The van der Waals surface area contributed by atoms with E-state index >= 15 is 0 Å². The van der Waals surface area contributed by atoms with Crippen LogP contribution in [0.2, 0.25) is 0 Å². The van der Waals surface area contributed by atoms with Crippen LogP contribution < -0.4 is 16.0 Å². The fourth-order valence-electron chi connectivity index (χ4n) is 1.84. The summed E-state index contributed by atoms with van der Waals surface area (Å²) in [6.45, 7) is 6.80. The zero-order valence-corrected chi connectivity index (χ0v) is 14.4. The van der Waals surface area contributed by atoms with Crippen LogP contribution in [0.15, 0.2) is 24.3 Å². The molecule has 6 heteroatoms. The Morgan fingerprint density at radius 2 is 1.74 bits per heavy atom. The first-order chi connectivity index (χ1) is 10.8. The Hall–Kier alpha value is -2.24. The Balaban J connectivity index is 2.21. The number of hydrogen-bond donors (Lipinski definition) is 3. The number of carbonyl (C=O) groups is 2. The van der Waals surface area contributed by atoms with Crippen molar-refractivity contribution >= 4 is 17.7 Å². The van der Waals surface area contributed by atoms with E-state index in [0.717, 1.165) is 24.2 Å². The highest BCUT2D eigenvalue weighted by atomic mass is 16.6. The van der Waals surface area contributed by atoms with Crippen molar-refractivity contribution in [2.45, 2.75) is 39.2 Å². The van der Waals surface area contributed by atoms with Crippen LogP contribution in [0.4, 0.5) is 10.5 Å². The van der Waals surface area contributed by atoms with Crippen LogP contribution in [0.5, 0.6) is 0 Å². The van der Waals surface area contributed by atoms with E-state index in [9.17, 15) is 9.59 Å². The summed E-state index contributed by atoms with van der Waals surface area (Å²) in [5.74, 6) is -0.000994. The summed E-state index contributed by atoms with van der Waals surface area (Å²) in [4.78, 5) is 22.7. The minimum absolute atomic E-state index is 0.000994. The number of rotatable bonds is 7. The van der Waals surface area contributed by atoms with Crippen LogP contribution >= 0.6 is 0 Å². The highest BCUT2D eigenvalue weighted by molar-refractivity contribution is 5.78. The van der Waals surface area contributed by atoms with Gasteiger partial charge < -0.3 is 20.7 Å². The molecule has 0 unspecified atom stereocenters. The Kier molecular flexibility index (Phi) is 7.38. The highest BCUT2D eigenvalue weighted by Gasteiger charge is 2.15. The van der Waals surface area contributed by atoms with Gasteiger partial charge in [0.15, 0.2) is 0 Å². The maximum atomic E-state index is 11.5. The van der Waals surface area contributed by atoms with Crippen LogP contribution in [0.1, 0.15) is 32.8 Å². The molecule has 3 N–H and O–H groups in total. The number of anilines is 1. The van der Waals surface area contributed by atoms with Gasteiger partial charge in [-0.15, -0.1) is 0 Å². The van der Waals surface area contributed by atoms with Gasteiger partial charge in [-0.2, -0.15) is 0 Å². The molecule has 1 aromatic rings. The predicted molar refractivity (Wildman–Crippen MR) is 91.6 cm³/mol. The summed E-state index contributed by atoms with van der Waals surface area (Å²) in [6.07, 6.45) is 0.784. The highest BCUT2D eigenvalue weighted by Crippen LogP contribution is 2.10. The number of nitrogens with one attached hydrogen (secondary N) is 3. The van der Waals surface area contributed by atoms with Gasteiger partial charge in [0.05, 0.1) is 6.42 Å². The molecule has 1 aromatic carbocycles. The zero-order chi connectivity index (χ0) is 17.3. The molecule has 1 rings (SSSR count). The third-order valence-corrected chi connectivity index (χ3v) is 2.95. The van der Waals surface area contributed by atoms with E-state index in [4.69, 9.17) is 4.74 Å². The molecule has 0 spiro atoms. The molecule has 0 aromatic heterocycles. The summed E-state index contributed by atoms with van der Waals surface area (Å²) in [6, 6.07) is 7.74. The zero-order valence-electron chi connectivity index (χ0n) is 14.4. The lowest BCUT2D eigenvalue weighted by atomic mass is 10.1. The van der Waals surface area contributed by atoms with E-state index < -0.39 is 11.7 Å². The molecule has 0 saturated heterocycles. The molecule has 0 aliphatic carbocycles. The van der Waals surface area contributed by atoms with Crippen LogP contribution in [0, 0.1) is 0 Å². The largest absolute Gasteiger partial charge is 0.444 e. The second-order valence-electron chi connectivity index (χ2n) is 6.26. The quantitative estimate of drug-likeness (QED) is 0.673. The van der Waals surface area contributed by atoms with E-state index in [2.05, 4.69) is 16.0 Å². The SMILES string of the molecule is CNC(=O)Cc1ccc(NCCCNC(=O)OC(C)(C)C)cc1. The molecule has 0 heterocycles. The molecule has 0 radical (unpaired) electrons. The van der Waals surface area contributed by atoms with Crippen molar-refractivity contribution in [3.05, 3.63) is 29.8 Å². The van der Waals surface area contributed by atoms with Crippen LogP contribution in [-0.2, 0) is 16.0 Å². The summed E-state index contributed by atoms with van der Waals surface area (Å²) in [7, 11) is 1.63.